The quantitative estimate of drug-likeness (QED) is 0.882. The fourth-order valence-corrected chi connectivity index (χ4v) is 1.74. The van der Waals surface area contributed by atoms with Crippen LogP contribution in [0.3, 0.4) is 0 Å². The maximum atomic E-state index is 13.8. The van der Waals surface area contributed by atoms with Crippen LogP contribution in [0.25, 0.3) is 0 Å². The molecule has 0 amide bonds. The molecule has 0 aliphatic heterocycles. The lowest BCUT2D eigenvalue weighted by Gasteiger charge is -2.09. The Bertz CT molecular complexity index is 576. The second-order valence-electron chi connectivity index (χ2n) is 4.35. The zero-order valence-electron chi connectivity index (χ0n) is 11.2. The first-order chi connectivity index (χ1) is 9.69. The van der Waals surface area contributed by atoms with Gasteiger partial charge in [-0.05, 0) is 30.3 Å². The normalized spacial score (nSPS) is 10.6. The molecule has 3 nitrogen and oxygen atoms in total. The van der Waals surface area contributed by atoms with Gasteiger partial charge in [0.2, 0.25) is 0 Å². The van der Waals surface area contributed by atoms with Gasteiger partial charge in [-0.2, -0.15) is 0 Å². The number of benzene rings is 1. The van der Waals surface area contributed by atoms with Crippen molar-refractivity contribution in [3.63, 3.8) is 0 Å². The van der Waals surface area contributed by atoms with Gasteiger partial charge in [0, 0.05) is 18.3 Å². The first-order valence-electron chi connectivity index (χ1n) is 6.40. The van der Waals surface area contributed by atoms with E-state index >= 15 is 0 Å². The number of hydrogen-bond donors (Lipinski definition) is 1. The van der Waals surface area contributed by atoms with Crippen LogP contribution >= 0.6 is 0 Å². The van der Waals surface area contributed by atoms with E-state index in [-0.39, 0.29) is 12.4 Å². The summed E-state index contributed by atoms with van der Waals surface area (Å²) in [5.41, 5.74) is 1.41. The van der Waals surface area contributed by atoms with Crippen molar-refractivity contribution in [1.82, 2.24) is 10.3 Å². The summed E-state index contributed by atoms with van der Waals surface area (Å²) in [6.45, 7) is 3.50. The lowest BCUT2D eigenvalue weighted by molar-refractivity contribution is 0.289. The minimum atomic E-state index is -0.437. The molecule has 1 aromatic carbocycles. The second-order valence-corrected chi connectivity index (χ2v) is 4.35. The van der Waals surface area contributed by atoms with Crippen molar-refractivity contribution in [2.24, 2.45) is 0 Å². The van der Waals surface area contributed by atoms with Crippen molar-refractivity contribution in [3.8, 4) is 5.75 Å². The van der Waals surface area contributed by atoms with Crippen molar-refractivity contribution < 1.29 is 13.5 Å². The maximum Gasteiger partial charge on any atom is 0.165 e. The molecule has 0 bridgehead atoms. The zero-order valence-corrected chi connectivity index (χ0v) is 11.2. The van der Waals surface area contributed by atoms with E-state index in [1.165, 1.54) is 18.3 Å². The highest BCUT2D eigenvalue weighted by molar-refractivity contribution is 5.29. The van der Waals surface area contributed by atoms with E-state index in [1.54, 1.807) is 12.1 Å². The molecule has 1 N–H and O–H groups in total. The molecule has 0 saturated heterocycles. The Labute approximate surface area is 116 Å². The summed E-state index contributed by atoms with van der Waals surface area (Å²) >= 11 is 0. The predicted octanol–water partition coefficient (Wildman–Crippen LogP) is 3.05. The lowest BCUT2D eigenvalue weighted by atomic mass is 10.2. The van der Waals surface area contributed by atoms with Crippen LogP contribution in [0.2, 0.25) is 0 Å². The Morgan fingerprint density at radius 2 is 2.00 bits per heavy atom. The molecular weight excluding hydrogens is 262 g/mol. The van der Waals surface area contributed by atoms with Crippen LogP contribution in [0.15, 0.2) is 36.7 Å². The average Bonchev–Trinajstić information content (AvgIpc) is 2.44. The van der Waals surface area contributed by atoms with Crippen LogP contribution in [0, 0.1) is 11.6 Å². The average molecular weight is 278 g/mol. The fourth-order valence-electron chi connectivity index (χ4n) is 1.74. The Kier molecular flexibility index (Phi) is 5.01. The van der Waals surface area contributed by atoms with Crippen LogP contribution in [-0.2, 0) is 13.2 Å². The summed E-state index contributed by atoms with van der Waals surface area (Å²) in [4.78, 5) is 3.71. The van der Waals surface area contributed by atoms with E-state index in [0.717, 1.165) is 18.3 Å². The van der Waals surface area contributed by atoms with E-state index in [1.807, 2.05) is 6.92 Å². The SMILES string of the molecule is CCNCc1ccc(OCc2cncc(F)c2)c(F)c1. The van der Waals surface area contributed by atoms with E-state index in [9.17, 15) is 8.78 Å². The summed E-state index contributed by atoms with van der Waals surface area (Å²) in [6.07, 6.45) is 2.60. The Hall–Kier alpha value is -2.01. The molecule has 0 spiro atoms. The zero-order chi connectivity index (χ0) is 14.4. The number of nitrogens with zero attached hydrogens (tertiary/aromatic N) is 1. The molecule has 0 saturated carbocycles. The van der Waals surface area contributed by atoms with Gasteiger partial charge in [-0.15, -0.1) is 0 Å². The third-order valence-corrected chi connectivity index (χ3v) is 2.73. The standard InChI is InChI=1S/C15H16F2N2O/c1-2-18-7-11-3-4-15(14(17)6-11)20-10-12-5-13(16)9-19-8-12/h3-6,8-9,18H,2,7,10H2,1H3. The van der Waals surface area contributed by atoms with Gasteiger partial charge in [0.15, 0.2) is 11.6 Å². The van der Waals surface area contributed by atoms with Gasteiger partial charge in [0.1, 0.15) is 12.4 Å². The molecule has 0 aliphatic carbocycles. The fraction of sp³-hybridized carbons (Fsp3) is 0.267. The highest BCUT2D eigenvalue weighted by Gasteiger charge is 2.05. The molecule has 1 heterocycles. The minimum absolute atomic E-state index is 0.0776. The van der Waals surface area contributed by atoms with E-state index < -0.39 is 11.6 Å². The smallest absolute Gasteiger partial charge is 0.165 e. The molecule has 2 rings (SSSR count). The molecule has 0 unspecified atom stereocenters. The van der Waals surface area contributed by atoms with Gasteiger partial charge in [0.05, 0.1) is 6.20 Å². The van der Waals surface area contributed by atoms with Gasteiger partial charge < -0.3 is 10.1 Å². The van der Waals surface area contributed by atoms with E-state index in [2.05, 4.69) is 10.3 Å². The molecule has 5 heteroatoms. The molecule has 2 aromatic rings. The maximum absolute atomic E-state index is 13.8. The number of hydrogen-bond acceptors (Lipinski definition) is 3. The third kappa shape index (κ3) is 3.99. The second kappa shape index (κ2) is 6.96. The van der Waals surface area contributed by atoms with Crippen molar-refractivity contribution in [3.05, 3.63) is 59.4 Å². The number of ether oxygens (including phenoxy) is 1. The van der Waals surface area contributed by atoms with Crippen molar-refractivity contribution in [2.75, 3.05) is 6.54 Å². The molecule has 20 heavy (non-hydrogen) atoms. The summed E-state index contributed by atoms with van der Waals surface area (Å²) in [5.74, 6) is -0.716. The van der Waals surface area contributed by atoms with Gasteiger partial charge in [-0.1, -0.05) is 13.0 Å². The number of nitrogens with one attached hydrogen (secondary N) is 1. The summed E-state index contributed by atoms with van der Waals surface area (Å²) < 4.78 is 32.1. The van der Waals surface area contributed by atoms with E-state index in [0.29, 0.717) is 12.1 Å². The molecule has 0 atom stereocenters. The Morgan fingerprint density at radius 1 is 1.15 bits per heavy atom. The summed E-state index contributed by atoms with van der Waals surface area (Å²) in [7, 11) is 0. The monoisotopic (exact) mass is 278 g/mol. The van der Waals surface area contributed by atoms with Crippen LogP contribution in [0.5, 0.6) is 5.75 Å². The highest BCUT2D eigenvalue weighted by atomic mass is 19.1. The molecule has 0 fully saturated rings. The van der Waals surface area contributed by atoms with Gasteiger partial charge >= 0.3 is 0 Å². The first kappa shape index (κ1) is 14.4. The molecular formula is C15H16F2N2O. The largest absolute Gasteiger partial charge is 0.486 e. The summed E-state index contributed by atoms with van der Waals surface area (Å²) in [5, 5.41) is 3.12. The Morgan fingerprint density at radius 3 is 2.70 bits per heavy atom. The van der Waals surface area contributed by atoms with Crippen molar-refractivity contribution in [1.29, 1.82) is 0 Å². The number of halogens is 2. The van der Waals surface area contributed by atoms with Crippen molar-refractivity contribution in [2.45, 2.75) is 20.1 Å². The van der Waals surface area contributed by atoms with E-state index in [4.69, 9.17) is 4.74 Å². The molecule has 0 aliphatic rings. The predicted molar refractivity (Wildman–Crippen MR) is 72.3 cm³/mol. The molecule has 106 valence electrons. The van der Waals surface area contributed by atoms with Crippen LogP contribution in [-0.4, -0.2) is 11.5 Å². The minimum Gasteiger partial charge on any atom is -0.486 e. The summed E-state index contributed by atoms with van der Waals surface area (Å²) in [6, 6.07) is 6.12. The van der Waals surface area contributed by atoms with Gasteiger partial charge in [0.25, 0.3) is 0 Å². The van der Waals surface area contributed by atoms with Crippen molar-refractivity contribution >= 4 is 0 Å². The number of aromatic nitrogens is 1. The topological polar surface area (TPSA) is 34.1 Å². The lowest BCUT2D eigenvalue weighted by Crippen LogP contribution is -2.11. The van der Waals surface area contributed by atoms with Crippen LogP contribution in [0.1, 0.15) is 18.1 Å². The number of pyridine rings is 1. The molecule has 0 radical (unpaired) electrons. The van der Waals surface area contributed by atoms with Crippen LogP contribution < -0.4 is 10.1 Å². The van der Waals surface area contributed by atoms with Crippen LogP contribution in [0.4, 0.5) is 8.78 Å². The highest BCUT2D eigenvalue weighted by Crippen LogP contribution is 2.19. The van der Waals surface area contributed by atoms with Gasteiger partial charge in [-0.25, -0.2) is 8.78 Å². The van der Waals surface area contributed by atoms with Gasteiger partial charge in [-0.3, -0.25) is 4.98 Å². The third-order valence-electron chi connectivity index (χ3n) is 2.73. The number of rotatable bonds is 6. The Balaban J connectivity index is 1.99. The first-order valence-corrected chi connectivity index (χ1v) is 6.40. The molecule has 1 aromatic heterocycles.